The average Bonchev–Trinajstić information content (AvgIpc) is 2.53. The van der Waals surface area contributed by atoms with Gasteiger partial charge in [0.1, 0.15) is 0 Å². The second-order valence-corrected chi connectivity index (χ2v) is 4.17. The number of rotatable bonds is 5. The van der Waals surface area contributed by atoms with E-state index in [1.165, 1.54) is 0 Å². The van der Waals surface area contributed by atoms with Crippen molar-refractivity contribution in [3.05, 3.63) is 0 Å². The quantitative estimate of drug-likeness (QED) is 0.680. The molecule has 0 aliphatic heterocycles. The highest BCUT2D eigenvalue weighted by molar-refractivity contribution is 5.81. The maximum atomic E-state index is 11.3. The molecule has 1 rings (SSSR count). The minimum atomic E-state index is -0.338. The monoisotopic (exact) mass is 198 g/mol. The molecule has 0 saturated heterocycles. The van der Waals surface area contributed by atoms with Crippen molar-refractivity contribution >= 4 is 11.8 Å². The molecule has 1 saturated carbocycles. The number of hydrogen-bond acceptors (Lipinski definition) is 2. The number of hydrogen-bond donors (Lipinski definition) is 2. The summed E-state index contributed by atoms with van der Waals surface area (Å²) in [5.41, 5.74) is 10.1. The predicted molar refractivity (Wildman–Crippen MR) is 53.1 cm³/mol. The third-order valence-electron chi connectivity index (χ3n) is 3.16. The van der Waals surface area contributed by atoms with E-state index in [4.69, 9.17) is 11.5 Å². The third kappa shape index (κ3) is 2.47. The Hall–Kier alpha value is -1.06. The molecule has 4 N–H and O–H groups in total. The van der Waals surface area contributed by atoms with Crippen molar-refractivity contribution in [2.75, 3.05) is 0 Å². The number of primary amides is 2. The van der Waals surface area contributed by atoms with Crippen LogP contribution in [0.15, 0.2) is 0 Å². The van der Waals surface area contributed by atoms with E-state index in [1.54, 1.807) is 0 Å². The SMILES string of the molecule is NC(=O)CCCC1(C(N)=O)CCCC1. The molecule has 4 heteroatoms. The lowest BCUT2D eigenvalue weighted by Gasteiger charge is -2.24. The van der Waals surface area contributed by atoms with Crippen LogP contribution in [-0.4, -0.2) is 11.8 Å². The van der Waals surface area contributed by atoms with Crippen LogP contribution in [0.3, 0.4) is 0 Å². The van der Waals surface area contributed by atoms with Gasteiger partial charge in [0.15, 0.2) is 0 Å². The molecule has 0 bridgehead atoms. The summed E-state index contributed by atoms with van der Waals surface area (Å²) in [5, 5.41) is 0. The summed E-state index contributed by atoms with van der Waals surface area (Å²) < 4.78 is 0. The van der Waals surface area contributed by atoms with E-state index in [0.29, 0.717) is 19.3 Å². The zero-order valence-electron chi connectivity index (χ0n) is 8.42. The van der Waals surface area contributed by atoms with Crippen molar-refractivity contribution in [3.8, 4) is 0 Å². The zero-order chi connectivity index (χ0) is 10.6. The van der Waals surface area contributed by atoms with Crippen molar-refractivity contribution in [3.63, 3.8) is 0 Å². The van der Waals surface area contributed by atoms with E-state index in [1.807, 2.05) is 0 Å². The van der Waals surface area contributed by atoms with Gasteiger partial charge in [0, 0.05) is 11.8 Å². The summed E-state index contributed by atoms with van der Waals surface area (Å²) in [7, 11) is 0. The summed E-state index contributed by atoms with van der Waals surface area (Å²) in [6.45, 7) is 0. The minimum Gasteiger partial charge on any atom is -0.370 e. The number of amides is 2. The zero-order valence-corrected chi connectivity index (χ0v) is 8.42. The van der Waals surface area contributed by atoms with Crippen LogP contribution in [0.5, 0.6) is 0 Å². The fourth-order valence-corrected chi connectivity index (χ4v) is 2.27. The van der Waals surface area contributed by atoms with Gasteiger partial charge < -0.3 is 11.5 Å². The molecule has 0 unspecified atom stereocenters. The van der Waals surface area contributed by atoms with Crippen molar-refractivity contribution in [2.45, 2.75) is 44.9 Å². The molecule has 0 aromatic heterocycles. The highest BCUT2D eigenvalue weighted by Gasteiger charge is 2.38. The normalized spacial score (nSPS) is 19.4. The van der Waals surface area contributed by atoms with E-state index in [-0.39, 0.29) is 17.2 Å². The van der Waals surface area contributed by atoms with Crippen LogP contribution >= 0.6 is 0 Å². The lowest BCUT2D eigenvalue weighted by Crippen LogP contribution is -2.34. The van der Waals surface area contributed by atoms with Gasteiger partial charge in [-0.2, -0.15) is 0 Å². The van der Waals surface area contributed by atoms with Gasteiger partial charge in [-0.25, -0.2) is 0 Å². The topological polar surface area (TPSA) is 86.2 Å². The average molecular weight is 198 g/mol. The van der Waals surface area contributed by atoms with Crippen molar-refractivity contribution < 1.29 is 9.59 Å². The summed E-state index contributed by atoms with van der Waals surface area (Å²) in [6.07, 6.45) is 5.64. The van der Waals surface area contributed by atoms with Crippen LogP contribution in [0.2, 0.25) is 0 Å². The van der Waals surface area contributed by atoms with Crippen LogP contribution in [0.4, 0.5) is 0 Å². The molecule has 2 amide bonds. The number of nitrogens with two attached hydrogens (primary N) is 2. The van der Waals surface area contributed by atoms with Crippen LogP contribution in [-0.2, 0) is 9.59 Å². The van der Waals surface area contributed by atoms with E-state index in [2.05, 4.69) is 0 Å². The Kier molecular flexibility index (Phi) is 3.49. The van der Waals surface area contributed by atoms with Crippen LogP contribution in [0.1, 0.15) is 44.9 Å². The van der Waals surface area contributed by atoms with Gasteiger partial charge in [0.05, 0.1) is 0 Å². The molecule has 0 atom stereocenters. The standard InChI is InChI=1S/C10H18N2O2/c11-8(13)4-3-7-10(9(12)14)5-1-2-6-10/h1-7H2,(H2,11,13)(H2,12,14). The van der Waals surface area contributed by atoms with Gasteiger partial charge >= 0.3 is 0 Å². The molecule has 0 spiro atoms. The van der Waals surface area contributed by atoms with Crippen LogP contribution in [0.25, 0.3) is 0 Å². The third-order valence-corrected chi connectivity index (χ3v) is 3.16. The van der Waals surface area contributed by atoms with Crippen LogP contribution in [0, 0.1) is 5.41 Å². The maximum absolute atomic E-state index is 11.3. The highest BCUT2D eigenvalue weighted by Crippen LogP contribution is 2.41. The molecular weight excluding hydrogens is 180 g/mol. The van der Waals surface area contributed by atoms with E-state index in [0.717, 1.165) is 25.7 Å². The van der Waals surface area contributed by atoms with E-state index in [9.17, 15) is 9.59 Å². The lowest BCUT2D eigenvalue weighted by atomic mass is 9.80. The van der Waals surface area contributed by atoms with Crippen molar-refractivity contribution in [1.82, 2.24) is 0 Å². The van der Waals surface area contributed by atoms with Crippen molar-refractivity contribution in [2.24, 2.45) is 16.9 Å². The maximum Gasteiger partial charge on any atom is 0.223 e. The molecule has 14 heavy (non-hydrogen) atoms. The van der Waals surface area contributed by atoms with Gasteiger partial charge in [0.25, 0.3) is 0 Å². The first-order chi connectivity index (χ1) is 6.57. The Morgan fingerprint density at radius 2 is 1.71 bits per heavy atom. The van der Waals surface area contributed by atoms with Gasteiger partial charge in [0.2, 0.25) is 11.8 Å². The summed E-state index contributed by atoms with van der Waals surface area (Å²) in [6, 6.07) is 0. The van der Waals surface area contributed by atoms with Gasteiger partial charge in [-0.3, -0.25) is 9.59 Å². The van der Waals surface area contributed by atoms with Crippen molar-refractivity contribution in [1.29, 1.82) is 0 Å². The van der Waals surface area contributed by atoms with Gasteiger partial charge in [-0.1, -0.05) is 12.8 Å². The second kappa shape index (κ2) is 4.44. The first-order valence-corrected chi connectivity index (χ1v) is 5.15. The lowest BCUT2D eigenvalue weighted by molar-refractivity contribution is -0.128. The Bertz CT molecular complexity index is 232. The molecule has 0 aromatic carbocycles. The van der Waals surface area contributed by atoms with Gasteiger partial charge in [-0.05, 0) is 25.7 Å². The minimum absolute atomic E-state index is 0.209. The number of carbonyl (C=O) groups excluding carboxylic acids is 2. The Morgan fingerprint density at radius 1 is 1.14 bits per heavy atom. The molecule has 1 aliphatic rings. The van der Waals surface area contributed by atoms with E-state index < -0.39 is 0 Å². The predicted octanol–water partition coefficient (Wildman–Crippen LogP) is 0.688. The second-order valence-electron chi connectivity index (χ2n) is 4.17. The Morgan fingerprint density at radius 3 is 2.14 bits per heavy atom. The van der Waals surface area contributed by atoms with Gasteiger partial charge in [-0.15, -0.1) is 0 Å². The molecular formula is C10H18N2O2. The summed E-state index contributed by atoms with van der Waals surface area (Å²) >= 11 is 0. The summed E-state index contributed by atoms with van der Waals surface area (Å²) in [5.74, 6) is -0.512. The fourth-order valence-electron chi connectivity index (χ4n) is 2.27. The molecule has 0 radical (unpaired) electrons. The molecule has 1 fully saturated rings. The van der Waals surface area contributed by atoms with E-state index >= 15 is 0 Å². The molecule has 1 aliphatic carbocycles. The van der Waals surface area contributed by atoms with Crippen LogP contribution < -0.4 is 11.5 Å². The molecule has 0 aromatic rings. The fraction of sp³-hybridized carbons (Fsp3) is 0.800. The highest BCUT2D eigenvalue weighted by atomic mass is 16.1. The first kappa shape index (κ1) is 11.0. The Labute approximate surface area is 84.0 Å². The summed E-state index contributed by atoms with van der Waals surface area (Å²) in [4.78, 5) is 21.9. The smallest absolute Gasteiger partial charge is 0.223 e. The first-order valence-electron chi connectivity index (χ1n) is 5.15. The molecule has 80 valence electrons. The molecule has 4 nitrogen and oxygen atoms in total. The largest absolute Gasteiger partial charge is 0.370 e. The molecule has 0 heterocycles. The number of carbonyl (C=O) groups is 2. The Balaban J connectivity index is 2.44.